The van der Waals surface area contributed by atoms with Crippen LogP contribution in [0.3, 0.4) is 0 Å². The molecule has 1 aliphatic heterocycles. The number of carbonyl (C=O) groups is 1. The Bertz CT molecular complexity index is 995. The van der Waals surface area contributed by atoms with Crippen molar-refractivity contribution in [3.8, 4) is 0 Å². The molecule has 0 aliphatic carbocycles. The molecule has 0 unspecified atom stereocenters. The van der Waals surface area contributed by atoms with Crippen LogP contribution in [0.5, 0.6) is 0 Å². The molecule has 0 radical (unpaired) electrons. The summed E-state index contributed by atoms with van der Waals surface area (Å²) in [5.74, 6) is 0.415. The van der Waals surface area contributed by atoms with Crippen molar-refractivity contribution < 1.29 is 9.53 Å². The molecule has 0 saturated heterocycles. The number of ether oxygens (including phenoxy) is 1. The van der Waals surface area contributed by atoms with Gasteiger partial charge in [-0.25, -0.2) is 0 Å². The SMILES string of the molecule is C[C@@H]1Cc2c(nn(C)c2C(=O)NCc2nnc3ccc(Cl)cn23)[C@H](C)O1. The van der Waals surface area contributed by atoms with Crippen LogP contribution in [0.25, 0.3) is 5.65 Å². The smallest absolute Gasteiger partial charge is 0.270 e. The van der Waals surface area contributed by atoms with E-state index in [1.165, 1.54) is 0 Å². The van der Waals surface area contributed by atoms with Crippen LogP contribution in [-0.2, 0) is 24.8 Å². The summed E-state index contributed by atoms with van der Waals surface area (Å²) in [4.78, 5) is 12.8. The molecular weight excluding hydrogens is 356 g/mol. The van der Waals surface area contributed by atoms with E-state index in [4.69, 9.17) is 16.3 Å². The summed E-state index contributed by atoms with van der Waals surface area (Å²) in [7, 11) is 1.77. The average Bonchev–Trinajstić information content (AvgIpc) is 3.13. The minimum atomic E-state index is -0.193. The predicted octanol–water partition coefficient (Wildman–Crippen LogP) is 2.07. The lowest BCUT2D eigenvalue weighted by molar-refractivity contribution is -0.00710. The first-order valence-electron chi connectivity index (χ1n) is 8.42. The van der Waals surface area contributed by atoms with E-state index in [1.807, 2.05) is 13.8 Å². The molecular formula is C17H19ClN6O2. The molecule has 2 atom stereocenters. The minimum Gasteiger partial charge on any atom is -0.369 e. The maximum absolute atomic E-state index is 12.8. The summed E-state index contributed by atoms with van der Waals surface area (Å²) in [6.45, 7) is 4.19. The lowest BCUT2D eigenvalue weighted by Gasteiger charge is -2.24. The topological polar surface area (TPSA) is 86.3 Å². The van der Waals surface area contributed by atoms with Gasteiger partial charge in [-0.2, -0.15) is 5.10 Å². The van der Waals surface area contributed by atoms with Crippen molar-refractivity contribution in [1.29, 1.82) is 0 Å². The summed E-state index contributed by atoms with van der Waals surface area (Å²) < 4.78 is 9.18. The van der Waals surface area contributed by atoms with Crippen molar-refractivity contribution in [2.75, 3.05) is 0 Å². The number of nitrogens with zero attached hydrogens (tertiary/aromatic N) is 5. The van der Waals surface area contributed by atoms with Gasteiger partial charge in [-0.15, -0.1) is 10.2 Å². The van der Waals surface area contributed by atoms with Gasteiger partial charge in [-0.1, -0.05) is 11.6 Å². The molecule has 1 aliphatic rings. The fraction of sp³-hybridized carbons (Fsp3) is 0.412. The highest BCUT2D eigenvalue weighted by Gasteiger charge is 2.31. The normalized spacial score (nSPS) is 19.5. The number of hydrogen-bond donors (Lipinski definition) is 1. The maximum Gasteiger partial charge on any atom is 0.270 e. The Kier molecular flexibility index (Phi) is 4.16. The zero-order valence-corrected chi connectivity index (χ0v) is 15.5. The number of aromatic nitrogens is 5. The Hall–Kier alpha value is -2.45. The number of halogens is 1. The molecule has 136 valence electrons. The fourth-order valence-electron chi connectivity index (χ4n) is 3.42. The summed E-state index contributed by atoms with van der Waals surface area (Å²) in [5.41, 5.74) is 3.02. The zero-order valence-electron chi connectivity index (χ0n) is 14.7. The molecule has 1 N–H and O–H groups in total. The standard InChI is InChI=1S/C17H19ClN6O2/c1-9-6-12-15(10(2)26-9)22-23(3)16(12)17(25)19-7-14-21-20-13-5-4-11(18)8-24(13)14/h4-5,8-10H,6-7H2,1-3H3,(H,19,25)/t9-,10+/m1/s1. The zero-order chi connectivity index (χ0) is 18.4. The first-order valence-corrected chi connectivity index (χ1v) is 8.80. The van der Waals surface area contributed by atoms with E-state index >= 15 is 0 Å². The third-order valence-electron chi connectivity index (χ3n) is 4.55. The number of carbonyl (C=O) groups excluding carboxylic acids is 1. The van der Waals surface area contributed by atoms with Gasteiger partial charge >= 0.3 is 0 Å². The summed E-state index contributed by atoms with van der Waals surface area (Å²) in [6, 6.07) is 3.53. The fourth-order valence-corrected chi connectivity index (χ4v) is 3.59. The largest absolute Gasteiger partial charge is 0.369 e. The highest BCUT2D eigenvalue weighted by atomic mass is 35.5. The van der Waals surface area contributed by atoms with Crippen molar-refractivity contribution in [1.82, 2.24) is 29.7 Å². The molecule has 4 rings (SSSR count). The molecule has 0 bridgehead atoms. The van der Waals surface area contributed by atoms with E-state index in [9.17, 15) is 4.79 Å². The number of pyridine rings is 1. The monoisotopic (exact) mass is 374 g/mol. The minimum absolute atomic E-state index is 0.0517. The van der Waals surface area contributed by atoms with Gasteiger partial charge < -0.3 is 10.1 Å². The molecule has 1 amide bonds. The Morgan fingerprint density at radius 2 is 2.19 bits per heavy atom. The number of hydrogen-bond acceptors (Lipinski definition) is 5. The lowest BCUT2D eigenvalue weighted by atomic mass is 9.99. The second-order valence-electron chi connectivity index (χ2n) is 6.50. The molecule has 9 heteroatoms. The number of aryl methyl sites for hydroxylation is 1. The Balaban J connectivity index is 1.58. The number of rotatable bonds is 3. The van der Waals surface area contributed by atoms with Crippen molar-refractivity contribution in [2.45, 2.75) is 39.0 Å². The van der Waals surface area contributed by atoms with Crippen molar-refractivity contribution in [2.24, 2.45) is 7.05 Å². The third-order valence-corrected chi connectivity index (χ3v) is 4.77. The van der Waals surface area contributed by atoms with Crippen molar-refractivity contribution in [3.63, 3.8) is 0 Å². The van der Waals surface area contributed by atoms with Crippen LogP contribution in [0.15, 0.2) is 18.3 Å². The van der Waals surface area contributed by atoms with Gasteiger partial charge in [-0.05, 0) is 26.0 Å². The van der Waals surface area contributed by atoms with Crippen LogP contribution in [-0.4, -0.2) is 36.4 Å². The van der Waals surface area contributed by atoms with E-state index in [2.05, 4.69) is 20.6 Å². The highest BCUT2D eigenvalue weighted by Crippen LogP contribution is 2.31. The lowest BCUT2D eigenvalue weighted by Crippen LogP contribution is -2.29. The van der Waals surface area contributed by atoms with Crippen molar-refractivity contribution in [3.05, 3.63) is 46.1 Å². The van der Waals surface area contributed by atoms with E-state index < -0.39 is 0 Å². The van der Waals surface area contributed by atoms with Crippen molar-refractivity contribution >= 4 is 23.2 Å². The van der Waals surface area contributed by atoms with Crippen LogP contribution in [0.1, 0.15) is 47.5 Å². The first kappa shape index (κ1) is 17.0. The van der Waals surface area contributed by atoms with E-state index in [1.54, 1.807) is 34.5 Å². The van der Waals surface area contributed by atoms with Crippen LogP contribution < -0.4 is 5.32 Å². The number of fused-ring (bicyclic) bond motifs is 2. The van der Waals surface area contributed by atoms with Crippen LogP contribution in [0, 0.1) is 0 Å². The first-order chi connectivity index (χ1) is 12.4. The highest BCUT2D eigenvalue weighted by molar-refractivity contribution is 6.30. The summed E-state index contributed by atoms with van der Waals surface area (Å²) in [5, 5.41) is 16.2. The van der Waals surface area contributed by atoms with E-state index in [-0.39, 0.29) is 24.7 Å². The van der Waals surface area contributed by atoms with Gasteiger partial charge in [0.15, 0.2) is 11.5 Å². The molecule has 8 nitrogen and oxygen atoms in total. The van der Waals surface area contributed by atoms with Gasteiger partial charge in [0.2, 0.25) is 0 Å². The maximum atomic E-state index is 12.8. The van der Waals surface area contributed by atoms with Gasteiger partial charge in [0.05, 0.1) is 29.5 Å². The number of amides is 1. The molecule has 3 aromatic heterocycles. The molecule has 0 saturated carbocycles. The Labute approximate surface area is 155 Å². The quantitative estimate of drug-likeness (QED) is 0.758. The van der Waals surface area contributed by atoms with E-state index in [0.717, 1.165) is 11.3 Å². The second-order valence-corrected chi connectivity index (χ2v) is 6.94. The van der Waals surface area contributed by atoms with Crippen LogP contribution in [0.2, 0.25) is 5.02 Å². The van der Waals surface area contributed by atoms with Gasteiger partial charge in [-0.3, -0.25) is 13.9 Å². The molecule has 0 aromatic carbocycles. The molecule has 3 aromatic rings. The summed E-state index contributed by atoms with van der Waals surface area (Å²) >= 11 is 6.03. The number of nitrogens with one attached hydrogen (secondary N) is 1. The molecule has 4 heterocycles. The summed E-state index contributed by atoms with van der Waals surface area (Å²) in [6.07, 6.45) is 2.32. The Morgan fingerprint density at radius 1 is 1.38 bits per heavy atom. The van der Waals surface area contributed by atoms with Crippen LogP contribution >= 0.6 is 11.6 Å². The average molecular weight is 375 g/mol. The van der Waals surface area contributed by atoms with E-state index in [0.29, 0.717) is 28.6 Å². The molecule has 0 spiro atoms. The molecule has 0 fully saturated rings. The predicted molar refractivity (Wildman–Crippen MR) is 95.0 cm³/mol. The second kappa shape index (κ2) is 6.37. The van der Waals surface area contributed by atoms with Gasteiger partial charge in [0, 0.05) is 25.2 Å². The third kappa shape index (κ3) is 2.85. The van der Waals surface area contributed by atoms with Crippen LogP contribution in [0.4, 0.5) is 0 Å². The van der Waals surface area contributed by atoms with Gasteiger partial charge in [0.1, 0.15) is 5.69 Å². The van der Waals surface area contributed by atoms with Gasteiger partial charge in [0.25, 0.3) is 5.91 Å². The Morgan fingerprint density at radius 3 is 3.00 bits per heavy atom. The molecule has 26 heavy (non-hydrogen) atoms.